The average molecular weight is 241 g/mol. The molecular formula is C12H11N5O. The Hall–Kier alpha value is -2.50. The van der Waals surface area contributed by atoms with Crippen molar-refractivity contribution in [2.75, 3.05) is 0 Å². The number of nitrogens with zero attached hydrogens (tertiary/aromatic N) is 5. The summed E-state index contributed by atoms with van der Waals surface area (Å²) in [4.78, 5) is 20.4. The van der Waals surface area contributed by atoms with Crippen LogP contribution in [0.15, 0.2) is 37.2 Å². The molecule has 0 aliphatic heterocycles. The molecule has 3 aromatic heterocycles. The quantitative estimate of drug-likeness (QED) is 0.639. The van der Waals surface area contributed by atoms with Crippen molar-refractivity contribution in [3.8, 4) is 0 Å². The van der Waals surface area contributed by atoms with Gasteiger partial charge in [-0.3, -0.25) is 9.78 Å². The minimum Gasteiger partial charge on any atom is -0.338 e. The van der Waals surface area contributed by atoms with Crippen molar-refractivity contribution in [2.45, 2.75) is 6.42 Å². The summed E-state index contributed by atoms with van der Waals surface area (Å²) in [6.45, 7) is 0. The van der Waals surface area contributed by atoms with E-state index in [1.807, 2.05) is 17.8 Å². The van der Waals surface area contributed by atoms with Crippen LogP contribution in [-0.4, -0.2) is 29.9 Å². The first-order valence-corrected chi connectivity index (χ1v) is 5.52. The van der Waals surface area contributed by atoms with E-state index in [2.05, 4.69) is 15.1 Å². The zero-order valence-corrected chi connectivity index (χ0v) is 9.82. The van der Waals surface area contributed by atoms with Crippen molar-refractivity contribution in [1.82, 2.24) is 24.1 Å². The molecule has 6 heteroatoms. The normalized spacial score (nSPS) is 10.9. The maximum Gasteiger partial charge on any atom is 0.174 e. The zero-order valence-electron chi connectivity index (χ0n) is 9.82. The summed E-state index contributed by atoms with van der Waals surface area (Å²) in [6.07, 6.45) is 10.3. The predicted molar refractivity (Wildman–Crippen MR) is 64.2 cm³/mol. The lowest BCUT2D eigenvalue weighted by atomic mass is 10.1. The van der Waals surface area contributed by atoms with Gasteiger partial charge in [0.05, 0.1) is 29.9 Å². The second kappa shape index (κ2) is 4.06. The second-order valence-corrected chi connectivity index (χ2v) is 4.02. The summed E-state index contributed by atoms with van der Waals surface area (Å²) >= 11 is 0. The molecule has 0 atom stereocenters. The summed E-state index contributed by atoms with van der Waals surface area (Å²) in [5.74, 6) is 0.732. The maximum absolute atomic E-state index is 12.2. The Morgan fingerprint density at radius 2 is 2.17 bits per heavy atom. The van der Waals surface area contributed by atoms with E-state index < -0.39 is 0 Å². The largest absolute Gasteiger partial charge is 0.338 e. The number of aromatic nitrogens is 5. The van der Waals surface area contributed by atoms with Crippen LogP contribution in [0.1, 0.15) is 16.2 Å². The van der Waals surface area contributed by atoms with Gasteiger partial charge in [-0.25, -0.2) is 9.50 Å². The molecule has 0 aliphatic carbocycles. The summed E-state index contributed by atoms with van der Waals surface area (Å²) in [6, 6.07) is 0. The fraction of sp³-hybridized carbons (Fsp3) is 0.167. The molecule has 0 amide bonds. The molecule has 0 radical (unpaired) electrons. The van der Waals surface area contributed by atoms with E-state index in [0.717, 1.165) is 11.3 Å². The molecular weight excluding hydrogens is 230 g/mol. The van der Waals surface area contributed by atoms with Gasteiger partial charge < -0.3 is 4.57 Å². The number of carbonyl (C=O) groups is 1. The van der Waals surface area contributed by atoms with Crippen molar-refractivity contribution in [1.29, 1.82) is 0 Å². The number of aryl methyl sites for hydroxylation is 1. The topological polar surface area (TPSA) is 65.1 Å². The minimum atomic E-state index is -0.00713. The highest BCUT2D eigenvalue weighted by Gasteiger charge is 2.15. The number of Topliss-reactive ketones (excluding diaryl/α,β-unsaturated/α-hetero) is 1. The predicted octanol–water partition coefficient (Wildman–Crippen LogP) is 0.888. The minimum absolute atomic E-state index is 0.00713. The van der Waals surface area contributed by atoms with Gasteiger partial charge in [-0.1, -0.05) is 0 Å². The van der Waals surface area contributed by atoms with Crippen molar-refractivity contribution >= 4 is 11.3 Å². The molecule has 0 spiro atoms. The van der Waals surface area contributed by atoms with E-state index in [-0.39, 0.29) is 12.2 Å². The van der Waals surface area contributed by atoms with Gasteiger partial charge in [0.2, 0.25) is 0 Å². The van der Waals surface area contributed by atoms with Crippen LogP contribution in [0, 0.1) is 0 Å². The van der Waals surface area contributed by atoms with E-state index in [9.17, 15) is 4.79 Å². The number of fused-ring (bicyclic) bond motifs is 1. The highest BCUT2D eigenvalue weighted by atomic mass is 16.1. The summed E-state index contributed by atoms with van der Waals surface area (Å²) in [7, 11) is 1.87. The van der Waals surface area contributed by atoms with E-state index in [1.165, 1.54) is 0 Å². The monoisotopic (exact) mass is 241 g/mol. The molecule has 6 nitrogen and oxygen atoms in total. The molecule has 0 saturated heterocycles. The number of imidazole rings is 1. The molecule has 0 aliphatic rings. The average Bonchev–Trinajstić information content (AvgIpc) is 2.96. The highest BCUT2D eigenvalue weighted by Crippen LogP contribution is 2.11. The van der Waals surface area contributed by atoms with Crippen LogP contribution in [0.25, 0.3) is 5.52 Å². The van der Waals surface area contributed by atoms with Crippen LogP contribution >= 0.6 is 0 Å². The molecule has 3 aromatic rings. The Kier molecular flexibility index (Phi) is 2.40. The summed E-state index contributed by atoms with van der Waals surface area (Å²) in [5.41, 5.74) is 1.29. The standard InChI is InChI=1S/C12H11N5O/c1-16-4-3-14-12(16)6-11(18)9-7-15-17-5-2-13-8-10(9)17/h2-5,7-8H,6H2,1H3. The first kappa shape index (κ1) is 10.6. The number of ketones is 1. The molecule has 0 fully saturated rings. The van der Waals surface area contributed by atoms with Gasteiger partial charge in [0.15, 0.2) is 5.78 Å². The fourth-order valence-corrected chi connectivity index (χ4v) is 1.85. The molecule has 18 heavy (non-hydrogen) atoms. The summed E-state index contributed by atoms with van der Waals surface area (Å²) in [5, 5.41) is 4.12. The van der Waals surface area contributed by atoms with Gasteiger partial charge in [-0.2, -0.15) is 5.10 Å². The first-order valence-electron chi connectivity index (χ1n) is 5.52. The third-order valence-electron chi connectivity index (χ3n) is 2.86. The molecule has 0 saturated carbocycles. The van der Waals surface area contributed by atoms with Gasteiger partial charge in [-0.05, 0) is 0 Å². The van der Waals surface area contributed by atoms with Gasteiger partial charge in [0.25, 0.3) is 0 Å². The van der Waals surface area contributed by atoms with Gasteiger partial charge >= 0.3 is 0 Å². The highest BCUT2D eigenvalue weighted by molar-refractivity contribution is 6.02. The Balaban J connectivity index is 1.95. The van der Waals surface area contributed by atoms with Crippen LogP contribution in [0.4, 0.5) is 0 Å². The fourth-order valence-electron chi connectivity index (χ4n) is 1.85. The number of hydrogen-bond donors (Lipinski definition) is 0. The molecule has 90 valence electrons. The van der Waals surface area contributed by atoms with Gasteiger partial charge in [0, 0.05) is 31.8 Å². The lowest BCUT2D eigenvalue weighted by Crippen LogP contribution is -2.08. The summed E-state index contributed by atoms with van der Waals surface area (Å²) < 4.78 is 3.47. The number of carbonyl (C=O) groups excluding carboxylic acids is 1. The second-order valence-electron chi connectivity index (χ2n) is 4.02. The van der Waals surface area contributed by atoms with E-state index in [0.29, 0.717) is 5.56 Å². The van der Waals surface area contributed by atoms with Crippen molar-refractivity contribution in [3.05, 3.63) is 48.6 Å². The number of rotatable bonds is 3. The third kappa shape index (κ3) is 1.67. The zero-order chi connectivity index (χ0) is 12.5. The lowest BCUT2D eigenvalue weighted by Gasteiger charge is -2.00. The molecule has 0 bridgehead atoms. The molecule has 0 aromatic carbocycles. The van der Waals surface area contributed by atoms with E-state index in [4.69, 9.17) is 0 Å². The Morgan fingerprint density at radius 3 is 2.94 bits per heavy atom. The first-order chi connectivity index (χ1) is 8.75. The molecule has 0 N–H and O–H groups in total. The van der Waals surface area contributed by atoms with E-state index in [1.54, 1.807) is 35.5 Å². The molecule has 3 rings (SSSR count). The van der Waals surface area contributed by atoms with Crippen molar-refractivity contribution in [2.24, 2.45) is 7.05 Å². The van der Waals surface area contributed by atoms with Gasteiger partial charge in [-0.15, -0.1) is 0 Å². The van der Waals surface area contributed by atoms with Crippen LogP contribution in [0.2, 0.25) is 0 Å². The van der Waals surface area contributed by atoms with Crippen LogP contribution in [0.5, 0.6) is 0 Å². The van der Waals surface area contributed by atoms with Gasteiger partial charge in [0.1, 0.15) is 5.82 Å². The Morgan fingerprint density at radius 1 is 1.28 bits per heavy atom. The van der Waals surface area contributed by atoms with Crippen LogP contribution in [0.3, 0.4) is 0 Å². The smallest absolute Gasteiger partial charge is 0.174 e. The lowest BCUT2D eigenvalue weighted by molar-refractivity contribution is 0.0991. The van der Waals surface area contributed by atoms with Crippen LogP contribution in [-0.2, 0) is 13.5 Å². The Labute approximate surface area is 103 Å². The third-order valence-corrected chi connectivity index (χ3v) is 2.86. The SMILES string of the molecule is Cn1ccnc1CC(=O)c1cnn2ccncc12. The van der Waals surface area contributed by atoms with Crippen LogP contribution < -0.4 is 0 Å². The van der Waals surface area contributed by atoms with E-state index >= 15 is 0 Å². The van der Waals surface area contributed by atoms with Crippen molar-refractivity contribution < 1.29 is 4.79 Å². The Bertz CT molecular complexity index is 712. The molecule has 3 heterocycles. The van der Waals surface area contributed by atoms with Crippen molar-refractivity contribution in [3.63, 3.8) is 0 Å². The maximum atomic E-state index is 12.2. The number of hydrogen-bond acceptors (Lipinski definition) is 4. The molecule has 0 unspecified atom stereocenters.